The molecule has 1 aromatic heterocycles. The molecule has 1 amide bonds. The summed E-state index contributed by atoms with van der Waals surface area (Å²) in [6.45, 7) is 6.42. The van der Waals surface area contributed by atoms with Crippen molar-refractivity contribution in [2.24, 2.45) is 4.99 Å². The van der Waals surface area contributed by atoms with Gasteiger partial charge in [-0.1, -0.05) is 6.92 Å². The second-order valence-corrected chi connectivity index (χ2v) is 7.62. The van der Waals surface area contributed by atoms with Crippen LogP contribution < -0.4 is 10.0 Å². The first-order valence-corrected chi connectivity index (χ1v) is 9.82. The van der Waals surface area contributed by atoms with Gasteiger partial charge in [-0.25, -0.2) is 27.2 Å². The van der Waals surface area contributed by atoms with Crippen LogP contribution in [-0.4, -0.2) is 36.8 Å². The van der Waals surface area contributed by atoms with E-state index in [1.54, 1.807) is 6.92 Å². The van der Waals surface area contributed by atoms with E-state index in [1.807, 2.05) is 4.72 Å². The Kier molecular flexibility index (Phi) is 6.62. The third-order valence-corrected chi connectivity index (χ3v) is 5.06. The zero-order valence-corrected chi connectivity index (χ0v) is 16.0. The summed E-state index contributed by atoms with van der Waals surface area (Å²) < 4.78 is 54.3. The number of halogens is 2. The number of sulfonamides is 1. The molecule has 0 saturated carbocycles. The van der Waals surface area contributed by atoms with Crippen LogP contribution in [0.25, 0.3) is 6.08 Å². The smallest absolute Gasteiger partial charge is 0.251 e. The number of aromatic amines is 1. The van der Waals surface area contributed by atoms with Gasteiger partial charge in [0.25, 0.3) is 5.91 Å². The third kappa shape index (κ3) is 5.00. The summed E-state index contributed by atoms with van der Waals surface area (Å²) in [7, 11) is -3.79. The summed E-state index contributed by atoms with van der Waals surface area (Å²) in [6.07, 6.45) is 3.03. The molecule has 0 unspecified atom stereocenters. The van der Waals surface area contributed by atoms with Crippen LogP contribution in [0.2, 0.25) is 0 Å². The van der Waals surface area contributed by atoms with Crippen LogP contribution >= 0.6 is 0 Å². The first-order chi connectivity index (χ1) is 13.2. The number of hydrogen-bond acceptors (Lipinski definition) is 5. The monoisotopic (exact) mass is 411 g/mol. The minimum absolute atomic E-state index is 0.0905. The molecule has 8 nitrogen and oxygen atoms in total. The van der Waals surface area contributed by atoms with Crippen LogP contribution in [0.5, 0.6) is 0 Å². The van der Waals surface area contributed by atoms with Crippen molar-refractivity contribution in [1.29, 1.82) is 0 Å². The lowest BCUT2D eigenvalue weighted by Gasteiger charge is -2.13. The number of anilines is 2. The second kappa shape index (κ2) is 8.74. The molecule has 0 aliphatic heterocycles. The Morgan fingerprint density at radius 2 is 2.11 bits per heavy atom. The van der Waals surface area contributed by atoms with Gasteiger partial charge in [0.1, 0.15) is 17.2 Å². The number of rotatable bonds is 8. The van der Waals surface area contributed by atoms with E-state index < -0.39 is 38.9 Å². The number of benzene rings is 1. The average molecular weight is 411 g/mol. The van der Waals surface area contributed by atoms with Crippen LogP contribution in [-0.2, 0) is 14.8 Å². The summed E-state index contributed by atoms with van der Waals surface area (Å²) in [5, 5.41) is 2.11. The van der Waals surface area contributed by atoms with E-state index in [9.17, 15) is 22.0 Å². The number of amides is 1. The lowest BCUT2D eigenvalue weighted by atomic mass is 10.2. The molecule has 2 aromatic rings. The number of carbonyl (C=O) groups is 1. The first kappa shape index (κ1) is 21.2. The van der Waals surface area contributed by atoms with Crippen LogP contribution in [0.15, 0.2) is 29.0 Å². The summed E-state index contributed by atoms with van der Waals surface area (Å²) in [5.41, 5.74) is -0.812. The van der Waals surface area contributed by atoms with E-state index in [2.05, 4.69) is 27.0 Å². The van der Waals surface area contributed by atoms with Crippen LogP contribution in [0.3, 0.4) is 0 Å². The average Bonchev–Trinajstić information content (AvgIpc) is 3.07. The molecule has 3 N–H and O–H groups in total. The maximum Gasteiger partial charge on any atom is 0.251 e. The Morgan fingerprint density at radius 3 is 2.75 bits per heavy atom. The minimum Gasteiger partial charge on any atom is -0.329 e. The number of hydrogen-bond donors (Lipinski definition) is 3. The van der Waals surface area contributed by atoms with Crippen molar-refractivity contribution in [3.05, 3.63) is 41.4 Å². The lowest BCUT2D eigenvalue weighted by molar-refractivity contribution is -0.112. The Labute approximate surface area is 160 Å². The number of nitrogens with zero attached hydrogens (tertiary/aromatic N) is 2. The molecule has 11 heteroatoms. The standard InChI is InChI=1S/C17H19F2N5O3S/c1-4-7-28(26,27)24-12-6-5-11(18)15(14(12)19)23-17(25)10(2)8-13-16(20-3)22-9-21-13/h5-6,8-9,24H,3-4,7H2,1-2H3,(H,21,22)(H,23,25)/b10-8+. The first-order valence-electron chi connectivity index (χ1n) is 8.16. The predicted octanol–water partition coefficient (Wildman–Crippen LogP) is 3.21. The predicted molar refractivity (Wildman–Crippen MR) is 104 cm³/mol. The van der Waals surface area contributed by atoms with Crippen molar-refractivity contribution in [3.63, 3.8) is 0 Å². The lowest BCUT2D eigenvalue weighted by Crippen LogP contribution is -2.19. The molecule has 1 heterocycles. The summed E-state index contributed by atoms with van der Waals surface area (Å²) in [6, 6.07) is 1.80. The normalized spacial score (nSPS) is 11.9. The summed E-state index contributed by atoms with van der Waals surface area (Å²) in [4.78, 5) is 22.7. The molecule has 0 atom stereocenters. The maximum atomic E-state index is 14.6. The van der Waals surface area contributed by atoms with Crippen molar-refractivity contribution in [2.75, 3.05) is 15.8 Å². The molecule has 0 aliphatic rings. The Hall–Kier alpha value is -3.08. The van der Waals surface area contributed by atoms with Crippen molar-refractivity contribution in [1.82, 2.24) is 9.97 Å². The molecule has 0 saturated heterocycles. The van der Waals surface area contributed by atoms with Gasteiger partial charge in [0.2, 0.25) is 10.0 Å². The highest BCUT2D eigenvalue weighted by molar-refractivity contribution is 7.92. The fourth-order valence-corrected chi connectivity index (χ4v) is 3.38. The highest BCUT2D eigenvalue weighted by Gasteiger charge is 2.20. The highest BCUT2D eigenvalue weighted by Crippen LogP contribution is 2.27. The SMILES string of the molecule is C=Nc1[nH]cnc1/C=C(\C)C(=O)Nc1c(F)ccc(NS(=O)(=O)CCC)c1F. The maximum absolute atomic E-state index is 14.6. The van der Waals surface area contributed by atoms with E-state index in [-0.39, 0.29) is 11.3 Å². The highest BCUT2D eigenvalue weighted by atomic mass is 32.2. The van der Waals surface area contributed by atoms with Crippen molar-refractivity contribution in [2.45, 2.75) is 20.3 Å². The molecular weight excluding hydrogens is 392 g/mol. The zero-order chi connectivity index (χ0) is 20.9. The Morgan fingerprint density at radius 1 is 1.39 bits per heavy atom. The van der Waals surface area contributed by atoms with Gasteiger partial charge in [-0.15, -0.1) is 0 Å². The third-order valence-electron chi connectivity index (χ3n) is 3.58. The Bertz CT molecular complexity index is 1030. The number of aliphatic imine (C=N–C) groups is 1. The fourth-order valence-electron chi connectivity index (χ4n) is 2.25. The van der Waals surface area contributed by atoms with Crippen LogP contribution in [0, 0.1) is 11.6 Å². The molecule has 150 valence electrons. The van der Waals surface area contributed by atoms with Gasteiger partial charge < -0.3 is 10.3 Å². The Balaban J connectivity index is 2.29. The van der Waals surface area contributed by atoms with E-state index in [4.69, 9.17) is 0 Å². The van der Waals surface area contributed by atoms with Crippen molar-refractivity contribution >= 4 is 45.9 Å². The van der Waals surface area contributed by atoms with Gasteiger partial charge in [-0.05, 0) is 38.3 Å². The molecule has 1 aromatic carbocycles. The summed E-state index contributed by atoms with van der Waals surface area (Å²) in [5.74, 6) is -2.97. The zero-order valence-electron chi connectivity index (χ0n) is 15.2. The molecule has 0 radical (unpaired) electrons. The van der Waals surface area contributed by atoms with Crippen molar-refractivity contribution < 1.29 is 22.0 Å². The molecule has 28 heavy (non-hydrogen) atoms. The molecular formula is C17H19F2N5O3S. The van der Waals surface area contributed by atoms with E-state index in [0.29, 0.717) is 17.9 Å². The molecule has 0 spiro atoms. The summed E-state index contributed by atoms with van der Waals surface area (Å²) >= 11 is 0. The van der Waals surface area contributed by atoms with Gasteiger partial charge in [0.05, 0.1) is 17.8 Å². The van der Waals surface area contributed by atoms with E-state index in [1.165, 1.54) is 19.3 Å². The van der Waals surface area contributed by atoms with Crippen molar-refractivity contribution in [3.8, 4) is 0 Å². The van der Waals surface area contributed by atoms with Gasteiger partial charge in [0.15, 0.2) is 11.6 Å². The quantitative estimate of drug-likeness (QED) is 0.457. The number of H-pyrrole nitrogens is 1. The molecule has 0 aliphatic carbocycles. The number of aromatic nitrogens is 2. The van der Waals surface area contributed by atoms with E-state index >= 15 is 0 Å². The minimum atomic E-state index is -3.79. The molecule has 0 fully saturated rings. The topological polar surface area (TPSA) is 116 Å². The van der Waals surface area contributed by atoms with Crippen LogP contribution in [0.1, 0.15) is 26.0 Å². The number of imidazole rings is 1. The molecule has 0 bridgehead atoms. The van der Waals surface area contributed by atoms with Gasteiger partial charge in [0, 0.05) is 5.57 Å². The second-order valence-electron chi connectivity index (χ2n) is 5.78. The number of carbonyl (C=O) groups excluding carboxylic acids is 1. The van der Waals surface area contributed by atoms with Gasteiger partial charge in [-0.2, -0.15) is 0 Å². The van der Waals surface area contributed by atoms with Gasteiger partial charge in [-0.3, -0.25) is 9.52 Å². The number of nitrogens with one attached hydrogen (secondary N) is 3. The molecule has 2 rings (SSSR count). The van der Waals surface area contributed by atoms with E-state index in [0.717, 1.165) is 12.1 Å². The largest absolute Gasteiger partial charge is 0.329 e. The fraction of sp³-hybridized carbons (Fsp3) is 0.235. The van der Waals surface area contributed by atoms with Gasteiger partial charge >= 0.3 is 0 Å². The van der Waals surface area contributed by atoms with Crippen LogP contribution in [0.4, 0.5) is 26.0 Å².